The number of aromatic nitrogens is 2. The van der Waals surface area contributed by atoms with E-state index in [1.54, 1.807) is 18.2 Å². The molecule has 0 aliphatic heterocycles. The summed E-state index contributed by atoms with van der Waals surface area (Å²) in [7, 11) is 0. The van der Waals surface area contributed by atoms with E-state index in [9.17, 15) is 4.39 Å². The number of nitrogen functional groups attached to an aromatic ring is 1. The second kappa shape index (κ2) is 4.73. The van der Waals surface area contributed by atoms with Crippen molar-refractivity contribution in [3.63, 3.8) is 0 Å². The molecule has 6 heteroatoms. The van der Waals surface area contributed by atoms with Crippen LogP contribution in [0.25, 0.3) is 11.3 Å². The summed E-state index contributed by atoms with van der Waals surface area (Å²) in [6, 6.07) is 6.09. The Morgan fingerprint density at radius 1 is 1.47 bits per heavy atom. The molecule has 0 radical (unpaired) electrons. The lowest BCUT2D eigenvalue weighted by Crippen LogP contribution is -2.07. The van der Waals surface area contributed by atoms with Crippen molar-refractivity contribution >= 4 is 17.4 Å². The predicted octanol–water partition coefficient (Wildman–Crippen LogP) is 1.92. The van der Waals surface area contributed by atoms with Crippen molar-refractivity contribution in [2.75, 3.05) is 12.3 Å². The highest BCUT2D eigenvalue weighted by atomic mass is 35.5. The number of nitrogens with zero attached hydrogens (tertiary/aromatic N) is 2. The van der Waals surface area contributed by atoms with Crippen molar-refractivity contribution in [2.45, 2.75) is 6.54 Å². The van der Waals surface area contributed by atoms with Gasteiger partial charge in [0.1, 0.15) is 11.6 Å². The fraction of sp³-hybridized carbons (Fsp3) is 0.182. The third-order valence-electron chi connectivity index (χ3n) is 2.35. The van der Waals surface area contributed by atoms with Crippen LogP contribution in [-0.2, 0) is 6.54 Å². The maximum Gasteiger partial charge on any atom is 0.142 e. The summed E-state index contributed by atoms with van der Waals surface area (Å²) in [5.41, 5.74) is 6.67. The van der Waals surface area contributed by atoms with Gasteiger partial charge >= 0.3 is 0 Å². The molecule has 0 fully saturated rings. The molecule has 0 spiro atoms. The minimum Gasteiger partial charge on any atom is -0.394 e. The van der Waals surface area contributed by atoms with E-state index < -0.39 is 5.82 Å². The maximum absolute atomic E-state index is 13.3. The van der Waals surface area contributed by atoms with Crippen LogP contribution in [0, 0.1) is 5.82 Å². The first kappa shape index (κ1) is 11.9. The van der Waals surface area contributed by atoms with Crippen molar-refractivity contribution in [1.82, 2.24) is 9.78 Å². The molecule has 0 atom stereocenters. The van der Waals surface area contributed by atoms with Gasteiger partial charge in [-0.25, -0.2) is 9.07 Å². The molecule has 4 nitrogen and oxygen atoms in total. The highest BCUT2D eigenvalue weighted by molar-refractivity contribution is 6.33. The van der Waals surface area contributed by atoms with Crippen molar-refractivity contribution < 1.29 is 9.50 Å². The third kappa shape index (κ3) is 2.25. The molecule has 0 aliphatic rings. The topological polar surface area (TPSA) is 64.1 Å². The summed E-state index contributed by atoms with van der Waals surface area (Å²) in [4.78, 5) is 0. The number of hydrogen-bond acceptors (Lipinski definition) is 3. The molecule has 3 N–H and O–H groups in total. The van der Waals surface area contributed by atoms with Crippen LogP contribution in [-0.4, -0.2) is 21.5 Å². The summed E-state index contributed by atoms with van der Waals surface area (Å²) < 4.78 is 14.7. The van der Waals surface area contributed by atoms with Crippen LogP contribution in [0.3, 0.4) is 0 Å². The Hall–Kier alpha value is -1.59. The average Bonchev–Trinajstić information content (AvgIpc) is 2.65. The van der Waals surface area contributed by atoms with Crippen molar-refractivity contribution in [2.24, 2.45) is 0 Å². The van der Waals surface area contributed by atoms with Crippen LogP contribution in [0.1, 0.15) is 0 Å². The number of aliphatic hydroxyl groups excluding tert-OH is 1. The largest absolute Gasteiger partial charge is 0.394 e. The van der Waals surface area contributed by atoms with Crippen molar-refractivity contribution in [3.8, 4) is 11.3 Å². The summed E-state index contributed by atoms with van der Waals surface area (Å²) in [6.45, 7) is 0.223. The average molecular weight is 256 g/mol. The minimum absolute atomic E-state index is 0.0150. The standard InChI is InChI=1S/C11H11ClFN3O/c12-11-7(2-1-3-8(11)13)9-6-10(14)16(15-9)4-5-17/h1-3,6,17H,4-5,14H2. The molecule has 90 valence electrons. The van der Waals surface area contributed by atoms with Gasteiger partial charge in [0.25, 0.3) is 0 Å². The molecule has 0 unspecified atom stereocenters. The molecule has 0 bridgehead atoms. The van der Waals surface area contributed by atoms with E-state index in [2.05, 4.69) is 5.10 Å². The third-order valence-corrected chi connectivity index (χ3v) is 2.73. The van der Waals surface area contributed by atoms with Gasteiger partial charge < -0.3 is 10.8 Å². The van der Waals surface area contributed by atoms with E-state index in [0.717, 1.165) is 0 Å². The number of aliphatic hydroxyl groups is 1. The zero-order valence-electron chi connectivity index (χ0n) is 8.90. The molecule has 0 aliphatic carbocycles. The number of rotatable bonds is 3. The zero-order chi connectivity index (χ0) is 12.4. The smallest absolute Gasteiger partial charge is 0.142 e. The Balaban J connectivity index is 2.46. The highest BCUT2D eigenvalue weighted by Gasteiger charge is 2.12. The van der Waals surface area contributed by atoms with E-state index in [4.69, 9.17) is 22.4 Å². The van der Waals surface area contributed by atoms with Crippen LogP contribution in [0.5, 0.6) is 0 Å². The molecule has 0 saturated carbocycles. The molecule has 1 heterocycles. The molecular formula is C11H11ClFN3O. The molecule has 17 heavy (non-hydrogen) atoms. The Morgan fingerprint density at radius 3 is 2.94 bits per heavy atom. The summed E-state index contributed by atoms with van der Waals surface area (Å²) in [5.74, 6) is -0.103. The SMILES string of the molecule is Nc1cc(-c2cccc(F)c2Cl)nn1CCO. The van der Waals surface area contributed by atoms with Crippen LogP contribution >= 0.6 is 11.6 Å². The van der Waals surface area contributed by atoms with Gasteiger partial charge in [0.05, 0.1) is 23.9 Å². The Kier molecular flexibility index (Phi) is 3.31. The monoisotopic (exact) mass is 255 g/mol. The molecule has 2 aromatic rings. The number of nitrogens with two attached hydrogens (primary N) is 1. The van der Waals surface area contributed by atoms with Crippen molar-refractivity contribution in [3.05, 3.63) is 35.1 Å². The van der Waals surface area contributed by atoms with Gasteiger partial charge in [-0.05, 0) is 6.07 Å². The van der Waals surface area contributed by atoms with Crippen LogP contribution in [0.4, 0.5) is 10.2 Å². The molecule has 0 amide bonds. The van der Waals surface area contributed by atoms with E-state index in [0.29, 0.717) is 23.6 Å². The lowest BCUT2D eigenvalue weighted by molar-refractivity contribution is 0.270. The lowest BCUT2D eigenvalue weighted by Gasteiger charge is -2.01. The number of anilines is 1. The summed E-state index contributed by atoms with van der Waals surface area (Å²) >= 11 is 5.85. The Bertz CT molecular complexity index is 542. The molecule has 2 rings (SSSR count). The second-order valence-corrected chi connectivity index (χ2v) is 3.88. The first-order valence-corrected chi connectivity index (χ1v) is 5.40. The second-order valence-electron chi connectivity index (χ2n) is 3.50. The molecule has 1 aromatic carbocycles. The van der Waals surface area contributed by atoms with Gasteiger partial charge in [0, 0.05) is 11.6 Å². The quantitative estimate of drug-likeness (QED) is 0.881. The number of halogens is 2. The lowest BCUT2D eigenvalue weighted by atomic mass is 10.1. The first-order chi connectivity index (χ1) is 8.13. The number of hydrogen-bond donors (Lipinski definition) is 2. The minimum atomic E-state index is -0.501. The van der Waals surface area contributed by atoms with Gasteiger partial charge in [-0.15, -0.1) is 0 Å². The van der Waals surface area contributed by atoms with Crippen molar-refractivity contribution in [1.29, 1.82) is 0 Å². The van der Waals surface area contributed by atoms with Gasteiger partial charge in [-0.3, -0.25) is 0 Å². The van der Waals surface area contributed by atoms with E-state index >= 15 is 0 Å². The number of benzene rings is 1. The van der Waals surface area contributed by atoms with E-state index in [1.807, 2.05) is 0 Å². The van der Waals surface area contributed by atoms with Crippen LogP contribution < -0.4 is 5.73 Å². The van der Waals surface area contributed by atoms with Gasteiger partial charge in [0.15, 0.2) is 0 Å². The van der Waals surface area contributed by atoms with E-state index in [1.165, 1.54) is 10.7 Å². The normalized spacial score (nSPS) is 10.8. The Morgan fingerprint density at radius 2 is 2.24 bits per heavy atom. The van der Waals surface area contributed by atoms with Gasteiger partial charge in [0.2, 0.25) is 0 Å². The predicted molar refractivity (Wildman–Crippen MR) is 64.1 cm³/mol. The van der Waals surface area contributed by atoms with Gasteiger partial charge in [-0.1, -0.05) is 23.7 Å². The highest BCUT2D eigenvalue weighted by Crippen LogP contribution is 2.29. The summed E-state index contributed by atoms with van der Waals surface area (Å²) in [6.07, 6.45) is 0. The molecule has 0 saturated heterocycles. The Labute approximate surface area is 102 Å². The molecular weight excluding hydrogens is 245 g/mol. The molecule has 1 aromatic heterocycles. The first-order valence-electron chi connectivity index (χ1n) is 5.02. The fourth-order valence-corrected chi connectivity index (χ4v) is 1.76. The van der Waals surface area contributed by atoms with E-state index in [-0.39, 0.29) is 11.6 Å². The van der Waals surface area contributed by atoms with Crippen LogP contribution in [0.15, 0.2) is 24.3 Å². The zero-order valence-corrected chi connectivity index (χ0v) is 9.65. The fourth-order valence-electron chi connectivity index (χ4n) is 1.54. The van der Waals surface area contributed by atoms with Gasteiger partial charge in [-0.2, -0.15) is 5.10 Å². The maximum atomic E-state index is 13.3. The van der Waals surface area contributed by atoms with Crippen LogP contribution in [0.2, 0.25) is 5.02 Å². The summed E-state index contributed by atoms with van der Waals surface area (Å²) in [5, 5.41) is 13.0.